The van der Waals surface area contributed by atoms with Gasteiger partial charge < -0.3 is 4.98 Å². The number of benzene rings is 1. The summed E-state index contributed by atoms with van der Waals surface area (Å²) in [5, 5.41) is 1.14. The predicted octanol–water partition coefficient (Wildman–Crippen LogP) is 4.32. The fourth-order valence-corrected chi connectivity index (χ4v) is 2.03. The van der Waals surface area contributed by atoms with Crippen LogP contribution in [-0.4, -0.2) is 11.4 Å². The number of H-pyrrole nitrogens is 1. The number of aromatic amines is 1. The lowest BCUT2D eigenvalue weighted by Crippen LogP contribution is -1.97. The molecule has 16 heavy (non-hydrogen) atoms. The molecule has 0 aliphatic rings. The van der Waals surface area contributed by atoms with Gasteiger partial charge in [-0.15, -0.1) is 0 Å². The summed E-state index contributed by atoms with van der Waals surface area (Å²) in [6.07, 6.45) is 0.230. The van der Waals surface area contributed by atoms with Crippen molar-refractivity contribution in [1.82, 2.24) is 4.98 Å². The van der Waals surface area contributed by atoms with E-state index in [1.54, 1.807) is 0 Å². The van der Waals surface area contributed by atoms with E-state index in [0.717, 1.165) is 16.5 Å². The molecule has 0 saturated carbocycles. The molecular formula is C13H15F2N. The van der Waals surface area contributed by atoms with E-state index in [0.29, 0.717) is 6.42 Å². The topological polar surface area (TPSA) is 15.8 Å². The second kappa shape index (κ2) is 4.64. The molecule has 1 unspecified atom stereocenters. The zero-order chi connectivity index (χ0) is 11.5. The molecule has 0 amide bonds. The Morgan fingerprint density at radius 3 is 2.69 bits per heavy atom. The first-order chi connectivity index (χ1) is 7.68. The lowest BCUT2D eigenvalue weighted by molar-refractivity contribution is 0.132. The van der Waals surface area contributed by atoms with Crippen LogP contribution in [0, 0.1) is 0 Å². The molecular weight excluding hydrogens is 208 g/mol. The molecule has 0 fully saturated rings. The molecule has 0 aliphatic carbocycles. The molecule has 2 aromatic rings. The molecule has 0 radical (unpaired) electrons. The van der Waals surface area contributed by atoms with E-state index in [1.165, 1.54) is 0 Å². The van der Waals surface area contributed by atoms with E-state index in [1.807, 2.05) is 37.4 Å². The van der Waals surface area contributed by atoms with Crippen molar-refractivity contribution >= 4 is 10.9 Å². The molecule has 0 aliphatic heterocycles. The number of hydrogen-bond acceptors (Lipinski definition) is 0. The van der Waals surface area contributed by atoms with Crippen LogP contribution in [-0.2, 0) is 0 Å². The van der Waals surface area contributed by atoms with Gasteiger partial charge >= 0.3 is 0 Å². The Bertz CT molecular complexity index is 462. The average Bonchev–Trinajstić information content (AvgIpc) is 2.69. The molecule has 1 N–H and O–H groups in total. The maximum atomic E-state index is 12.1. The monoisotopic (exact) mass is 223 g/mol. The van der Waals surface area contributed by atoms with E-state index in [9.17, 15) is 8.78 Å². The van der Waals surface area contributed by atoms with Crippen molar-refractivity contribution in [1.29, 1.82) is 0 Å². The molecule has 0 saturated heterocycles. The largest absolute Gasteiger partial charge is 0.361 e. The third-order valence-electron chi connectivity index (χ3n) is 2.97. The molecule has 1 aromatic carbocycles. The van der Waals surface area contributed by atoms with Gasteiger partial charge in [0, 0.05) is 23.5 Å². The fraction of sp³-hybridized carbons (Fsp3) is 0.385. The Labute approximate surface area is 93.5 Å². The van der Waals surface area contributed by atoms with Gasteiger partial charge in [-0.25, -0.2) is 8.78 Å². The van der Waals surface area contributed by atoms with Gasteiger partial charge in [0.2, 0.25) is 6.43 Å². The number of rotatable bonds is 4. The van der Waals surface area contributed by atoms with E-state index in [2.05, 4.69) is 4.98 Å². The van der Waals surface area contributed by atoms with Gasteiger partial charge in [0.25, 0.3) is 0 Å². The summed E-state index contributed by atoms with van der Waals surface area (Å²) in [6.45, 7) is 2.00. The first-order valence-electron chi connectivity index (χ1n) is 5.52. The molecule has 0 spiro atoms. The number of alkyl halides is 2. The molecule has 3 heteroatoms. The molecule has 1 atom stereocenters. The Balaban J connectivity index is 2.19. The average molecular weight is 223 g/mol. The Morgan fingerprint density at radius 2 is 1.94 bits per heavy atom. The van der Waals surface area contributed by atoms with Gasteiger partial charge in [-0.2, -0.15) is 0 Å². The van der Waals surface area contributed by atoms with Crippen molar-refractivity contribution in [3.8, 4) is 0 Å². The summed E-state index contributed by atoms with van der Waals surface area (Å²) >= 11 is 0. The number of halogens is 2. The van der Waals surface area contributed by atoms with Crippen LogP contribution < -0.4 is 0 Å². The third-order valence-corrected chi connectivity index (χ3v) is 2.97. The summed E-state index contributed by atoms with van der Waals surface area (Å²) in [5.74, 6) is 0.171. The minimum absolute atomic E-state index is 0.0271. The minimum Gasteiger partial charge on any atom is -0.361 e. The van der Waals surface area contributed by atoms with Gasteiger partial charge in [-0.3, -0.25) is 0 Å². The summed E-state index contributed by atoms with van der Waals surface area (Å²) in [4.78, 5) is 3.17. The van der Waals surface area contributed by atoms with Crippen LogP contribution in [0.1, 0.15) is 31.2 Å². The molecule has 1 nitrogen and oxygen atoms in total. The second-order valence-electron chi connectivity index (χ2n) is 4.16. The van der Waals surface area contributed by atoms with Crippen molar-refractivity contribution in [2.75, 3.05) is 0 Å². The number of aromatic nitrogens is 1. The van der Waals surface area contributed by atoms with Crippen LogP contribution in [0.25, 0.3) is 10.9 Å². The van der Waals surface area contributed by atoms with Crippen LogP contribution in [0.15, 0.2) is 30.5 Å². The van der Waals surface area contributed by atoms with Crippen molar-refractivity contribution in [3.05, 3.63) is 36.0 Å². The Hall–Kier alpha value is -1.38. The van der Waals surface area contributed by atoms with Crippen LogP contribution >= 0.6 is 0 Å². The van der Waals surface area contributed by atoms with E-state index in [-0.39, 0.29) is 12.3 Å². The normalized spacial score (nSPS) is 13.5. The van der Waals surface area contributed by atoms with Crippen molar-refractivity contribution < 1.29 is 8.78 Å². The smallest absolute Gasteiger partial charge is 0.238 e. The highest BCUT2D eigenvalue weighted by atomic mass is 19.3. The number of nitrogens with one attached hydrogen (secondary N) is 1. The summed E-state index contributed by atoms with van der Waals surface area (Å²) in [6, 6.07) is 7.96. The summed E-state index contributed by atoms with van der Waals surface area (Å²) in [7, 11) is 0. The van der Waals surface area contributed by atoms with Gasteiger partial charge in [0.1, 0.15) is 0 Å². The quantitative estimate of drug-likeness (QED) is 0.794. The maximum Gasteiger partial charge on any atom is 0.238 e. The molecule has 0 bridgehead atoms. The predicted molar refractivity (Wildman–Crippen MR) is 62.0 cm³/mol. The summed E-state index contributed by atoms with van der Waals surface area (Å²) < 4.78 is 24.3. The first-order valence-corrected chi connectivity index (χ1v) is 5.52. The zero-order valence-corrected chi connectivity index (χ0v) is 9.21. The van der Waals surface area contributed by atoms with Crippen LogP contribution in [0.3, 0.4) is 0 Å². The maximum absolute atomic E-state index is 12.1. The first kappa shape index (κ1) is 11.1. The van der Waals surface area contributed by atoms with Crippen LogP contribution in [0.5, 0.6) is 0 Å². The molecule has 86 valence electrons. The summed E-state index contributed by atoms with van der Waals surface area (Å²) in [5.41, 5.74) is 2.21. The second-order valence-corrected chi connectivity index (χ2v) is 4.16. The third kappa shape index (κ3) is 2.23. The number of para-hydroxylation sites is 1. The minimum atomic E-state index is -2.20. The SMILES string of the molecule is CC(CCC(F)F)c1c[nH]c2ccccc12. The van der Waals surface area contributed by atoms with Crippen molar-refractivity contribution in [2.45, 2.75) is 32.1 Å². The van der Waals surface area contributed by atoms with Crippen molar-refractivity contribution in [2.24, 2.45) is 0 Å². The fourth-order valence-electron chi connectivity index (χ4n) is 2.03. The highest BCUT2D eigenvalue weighted by molar-refractivity contribution is 5.83. The number of fused-ring (bicyclic) bond motifs is 1. The van der Waals surface area contributed by atoms with Gasteiger partial charge in [0.15, 0.2) is 0 Å². The Kier molecular flexibility index (Phi) is 3.22. The molecule has 1 aromatic heterocycles. The number of hydrogen-bond donors (Lipinski definition) is 1. The highest BCUT2D eigenvalue weighted by Crippen LogP contribution is 2.28. The zero-order valence-electron chi connectivity index (χ0n) is 9.21. The standard InChI is InChI=1S/C13H15F2N/c1-9(6-7-13(14)15)11-8-16-12-5-3-2-4-10(11)12/h2-5,8-9,13,16H,6-7H2,1H3. The van der Waals surface area contributed by atoms with Crippen LogP contribution in [0.4, 0.5) is 8.78 Å². The van der Waals surface area contributed by atoms with E-state index >= 15 is 0 Å². The molecule has 1 heterocycles. The lowest BCUT2D eigenvalue weighted by atomic mass is 9.96. The lowest BCUT2D eigenvalue weighted by Gasteiger charge is -2.09. The van der Waals surface area contributed by atoms with Crippen LogP contribution in [0.2, 0.25) is 0 Å². The van der Waals surface area contributed by atoms with Gasteiger partial charge in [0.05, 0.1) is 0 Å². The van der Waals surface area contributed by atoms with Gasteiger partial charge in [-0.05, 0) is 24.0 Å². The molecule has 2 rings (SSSR count). The van der Waals surface area contributed by atoms with E-state index < -0.39 is 6.43 Å². The van der Waals surface area contributed by atoms with Crippen molar-refractivity contribution in [3.63, 3.8) is 0 Å². The highest BCUT2D eigenvalue weighted by Gasteiger charge is 2.13. The van der Waals surface area contributed by atoms with E-state index in [4.69, 9.17) is 0 Å². The van der Waals surface area contributed by atoms with Gasteiger partial charge in [-0.1, -0.05) is 25.1 Å². The Morgan fingerprint density at radius 1 is 1.19 bits per heavy atom.